The van der Waals surface area contributed by atoms with E-state index in [1.165, 1.54) is 0 Å². The molecule has 0 rings (SSSR count). The SMILES string of the molecule is CNCC(N)C(N)CN. The van der Waals surface area contributed by atoms with Gasteiger partial charge < -0.3 is 22.5 Å². The highest BCUT2D eigenvalue weighted by Gasteiger charge is 2.08. The van der Waals surface area contributed by atoms with Crippen molar-refractivity contribution in [1.82, 2.24) is 5.32 Å². The molecule has 0 aromatic heterocycles. The highest BCUT2D eigenvalue weighted by atomic mass is 14.9. The van der Waals surface area contributed by atoms with Crippen molar-refractivity contribution in [3.8, 4) is 0 Å². The first-order chi connectivity index (χ1) is 4.22. The number of nitrogens with two attached hydrogens (primary N) is 3. The van der Waals surface area contributed by atoms with Crippen LogP contribution in [0.2, 0.25) is 0 Å². The van der Waals surface area contributed by atoms with Gasteiger partial charge in [-0.05, 0) is 7.05 Å². The van der Waals surface area contributed by atoms with Crippen molar-refractivity contribution in [2.24, 2.45) is 17.2 Å². The van der Waals surface area contributed by atoms with Gasteiger partial charge in [0.1, 0.15) is 0 Å². The van der Waals surface area contributed by atoms with Crippen molar-refractivity contribution in [1.29, 1.82) is 0 Å². The minimum absolute atomic E-state index is 0.0278. The Morgan fingerprint density at radius 3 is 2.22 bits per heavy atom. The number of nitrogens with one attached hydrogen (secondary N) is 1. The minimum Gasteiger partial charge on any atom is -0.329 e. The molecular formula is C5H16N4. The van der Waals surface area contributed by atoms with Crippen LogP contribution in [0.4, 0.5) is 0 Å². The van der Waals surface area contributed by atoms with Crippen LogP contribution in [-0.4, -0.2) is 32.2 Å². The van der Waals surface area contributed by atoms with Gasteiger partial charge in [-0.1, -0.05) is 0 Å². The first-order valence-electron chi connectivity index (χ1n) is 3.08. The molecule has 0 aromatic rings. The maximum Gasteiger partial charge on any atom is 0.0331 e. The predicted octanol–water partition coefficient (Wildman–Crippen LogP) is -2.18. The van der Waals surface area contributed by atoms with Crippen LogP contribution in [0.5, 0.6) is 0 Å². The lowest BCUT2D eigenvalue weighted by molar-refractivity contribution is 0.510. The molecule has 0 spiro atoms. The van der Waals surface area contributed by atoms with E-state index in [1.54, 1.807) is 0 Å². The summed E-state index contributed by atoms with van der Waals surface area (Å²) >= 11 is 0. The molecule has 0 aliphatic heterocycles. The molecule has 2 unspecified atom stereocenters. The Kier molecular flexibility index (Phi) is 4.61. The van der Waals surface area contributed by atoms with E-state index in [-0.39, 0.29) is 12.1 Å². The number of hydrogen-bond donors (Lipinski definition) is 4. The van der Waals surface area contributed by atoms with Crippen LogP contribution in [0, 0.1) is 0 Å². The zero-order valence-electron chi connectivity index (χ0n) is 5.80. The van der Waals surface area contributed by atoms with Crippen molar-refractivity contribution >= 4 is 0 Å². The van der Waals surface area contributed by atoms with E-state index in [2.05, 4.69) is 5.32 Å². The Morgan fingerprint density at radius 2 is 1.89 bits per heavy atom. The van der Waals surface area contributed by atoms with Gasteiger partial charge in [-0.25, -0.2) is 0 Å². The molecule has 0 fully saturated rings. The van der Waals surface area contributed by atoms with E-state index in [0.717, 1.165) is 6.54 Å². The van der Waals surface area contributed by atoms with Crippen LogP contribution in [-0.2, 0) is 0 Å². The molecule has 0 heterocycles. The molecule has 0 amide bonds. The highest BCUT2D eigenvalue weighted by molar-refractivity contribution is 4.77. The molecule has 0 saturated heterocycles. The maximum absolute atomic E-state index is 5.57. The fraction of sp³-hybridized carbons (Fsp3) is 1.00. The van der Waals surface area contributed by atoms with Crippen LogP contribution < -0.4 is 22.5 Å². The van der Waals surface area contributed by atoms with Gasteiger partial charge in [-0.2, -0.15) is 0 Å². The van der Waals surface area contributed by atoms with Gasteiger partial charge in [0, 0.05) is 25.2 Å². The molecule has 0 aliphatic carbocycles. The minimum atomic E-state index is -0.0857. The smallest absolute Gasteiger partial charge is 0.0331 e. The number of likely N-dealkylation sites (N-methyl/N-ethyl adjacent to an activating group) is 1. The fourth-order valence-electron chi connectivity index (χ4n) is 0.562. The summed E-state index contributed by atoms with van der Waals surface area (Å²) in [4.78, 5) is 0. The standard InChI is InChI=1S/C5H16N4/c1-9-3-5(8)4(7)2-6/h4-5,9H,2-3,6-8H2,1H3. The molecule has 0 saturated carbocycles. The molecule has 0 bridgehead atoms. The van der Waals surface area contributed by atoms with Crippen molar-refractivity contribution in [3.63, 3.8) is 0 Å². The van der Waals surface area contributed by atoms with Crippen LogP contribution in [0.1, 0.15) is 0 Å². The Morgan fingerprint density at radius 1 is 1.33 bits per heavy atom. The van der Waals surface area contributed by atoms with Crippen LogP contribution >= 0.6 is 0 Å². The van der Waals surface area contributed by atoms with Gasteiger partial charge in [0.15, 0.2) is 0 Å². The second-order valence-corrected chi connectivity index (χ2v) is 2.12. The number of rotatable bonds is 4. The maximum atomic E-state index is 5.57. The summed E-state index contributed by atoms with van der Waals surface area (Å²) in [7, 11) is 1.84. The van der Waals surface area contributed by atoms with Crippen molar-refractivity contribution < 1.29 is 0 Å². The average Bonchev–Trinajstić information content (AvgIpc) is 1.87. The van der Waals surface area contributed by atoms with Crippen LogP contribution in [0.25, 0.3) is 0 Å². The molecule has 4 heteroatoms. The van der Waals surface area contributed by atoms with E-state index in [9.17, 15) is 0 Å². The first-order valence-corrected chi connectivity index (χ1v) is 3.08. The zero-order chi connectivity index (χ0) is 7.28. The lowest BCUT2D eigenvalue weighted by Crippen LogP contribution is -2.50. The molecule has 2 atom stereocenters. The Labute approximate surface area is 55.8 Å². The summed E-state index contributed by atoms with van der Waals surface area (Å²) in [5.41, 5.74) is 16.4. The predicted molar refractivity (Wildman–Crippen MR) is 38.9 cm³/mol. The van der Waals surface area contributed by atoms with Crippen LogP contribution in [0.3, 0.4) is 0 Å². The van der Waals surface area contributed by atoms with Gasteiger partial charge in [0.2, 0.25) is 0 Å². The summed E-state index contributed by atoms with van der Waals surface area (Å²) in [6.45, 7) is 1.17. The summed E-state index contributed by atoms with van der Waals surface area (Å²) in [5, 5.41) is 2.92. The lowest BCUT2D eigenvalue weighted by Gasteiger charge is -2.16. The second-order valence-electron chi connectivity index (χ2n) is 2.12. The molecule has 4 nitrogen and oxygen atoms in total. The van der Waals surface area contributed by atoms with E-state index in [4.69, 9.17) is 17.2 Å². The third kappa shape index (κ3) is 3.42. The Balaban J connectivity index is 3.32. The fourth-order valence-corrected chi connectivity index (χ4v) is 0.562. The van der Waals surface area contributed by atoms with Gasteiger partial charge in [0.05, 0.1) is 0 Å². The van der Waals surface area contributed by atoms with E-state index < -0.39 is 0 Å². The van der Waals surface area contributed by atoms with Gasteiger partial charge in [-0.3, -0.25) is 0 Å². The average molecular weight is 132 g/mol. The van der Waals surface area contributed by atoms with Gasteiger partial charge in [0.25, 0.3) is 0 Å². The Bertz CT molecular complexity index is 66.0. The van der Waals surface area contributed by atoms with E-state index >= 15 is 0 Å². The summed E-state index contributed by atoms with van der Waals surface area (Å²) in [6, 6.07) is -0.113. The Hall–Kier alpha value is -0.160. The molecule has 0 radical (unpaired) electrons. The van der Waals surface area contributed by atoms with E-state index in [0.29, 0.717) is 6.54 Å². The molecule has 56 valence electrons. The van der Waals surface area contributed by atoms with Crippen molar-refractivity contribution in [3.05, 3.63) is 0 Å². The van der Waals surface area contributed by atoms with Crippen molar-refractivity contribution in [2.45, 2.75) is 12.1 Å². The lowest BCUT2D eigenvalue weighted by atomic mass is 10.1. The quantitative estimate of drug-likeness (QED) is 0.350. The summed E-state index contributed by atoms with van der Waals surface area (Å²) in [6.07, 6.45) is 0. The third-order valence-corrected chi connectivity index (χ3v) is 1.26. The van der Waals surface area contributed by atoms with Gasteiger partial charge >= 0.3 is 0 Å². The van der Waals surface area contributed by atoms with Crippen molar-refractivity contribution in [2.75, 3.05) is 20.1 Å². The third-order valence-electron chi connectivity index (χ3n) is 1.26. The largest absolute Gasteiger partial charge is 0.329 e. The van der Waals surface area contributed by atoms with E-state index in [1.807, 2.05) is 7.05 Å². The monoisotopic (exact) mass is 132 g/mol. The number of hydrogen-bond acceptors (Lipinski definition) is 4. The molecule has 9 heavy (non-hydrogen) atoms. The molecule has 0 aliphatic rings. The summed E-state index contributed by atoms with van der Waals surface area (Å²) in [5.74, 6) is 0. The zero-order valence-corrected chi connectivity index (χ0v) is 5.80. The second kappa shape index (κ2) is 4.69. The summed E-state index contributed by atoms with van der Waals surface area (Å²) < 4.78 is 0. The molecule has 0 aromatic carbocycles. The van der Waals surface area contributed by atoms with Crippen LogP contribution in [0.15, 0.2) is 0 Å². The van der Waals surface area contributed by atoms with Gasteiger partial charge in [-0.15, -0.1) is 0 Å². The first kappa shape index (κ1) is 8.84. The normalized spacial score (nSPS) is 17.3. The highest BCUT2D eigenvalue weighted by Crippen LogP contribution is 1.79. The topological polar surface area (TPSA) is 90.1 Å². The molecule has 7 N–H and O–H groups in total. The molecular weight excluding hydrogens is 116 g/mol.